The van der Waals surface area contributed by atoms with Gasteiger partial charge in [-0.25, -0.2) is 19.0 Å². The van der Waals surface area contributed by atoms with E-state index >= 15 is 0 Å². The van der Waals surface area contributed by atoms with E-state index in [0.717, 1.165) is 19.4 Å². The summed E-state index contributed by atoms with van der Waals surface area (Å²) < 4.78 is 83.6. The van der Waals surface area contributed by atoms with Crippen LogP contribution in [0.4, 0.5) is 36.6 Å². The molecule has 1 aromatic rings. The number of nitrogens with zero attached hydrogens (tertiary/aromatic N) is 4. The van der Waals surface area contributed by atoms with Crippen LogP contribution in [0, 0.1) is 5.82 Å². The monoisotopic (exact) mass is 564 g/mol. The fourth-order valence-electron chi connectivity index (χ4n) is 3.56. The number of piperidine rings is 1. The third-order valence-corrected chi connectivity index (χ3v) is 5.12. The van der Waals surface area contributed by atoms with Crippen molar-refractivity contribution in [2.24, 2.45) is 0 Å². The maximum absolute atomic E-state index is 14.1. The van der Waals surface area contributed by atoms with E-state index in [2.05, 4.69) is 4.98 Å². The van der Waals surface area contributed by atoms with Gasteiger partial charge in [-0.2, -0.15) is 26.3 Å². The van der Waals surface area contributed by atoms with Crippen molar-refractivity contribution < 1.29 is 60.1 Å². The number of carboxylic acid groups (broad SMARTS) is 2. The number of pyridine rings is 1. The van der Waals surface area contributed by atoms with Crippen molar-refractivity contribution in [3.05, 3.63) is 24.1 Å². The zero-order chi connectivity index (χ0) is 29.3. The summed E-state index contributed by atoms with van der Waals surface area (Å²) in [6.07, 6.45) is -6.79. The van der Waals surface area contributed by atoms with E-state index < -0.39 is 29.9 Å². The van der Waals surface area contributed by atoms with Crippen LogP contribution in [0.25, 0.3) is 0 Å². The van der Waals surface area contributed by atoms with Gasteiger partial charge in [-0.1, -0.05) is 0 Å². The van der Waals surface area contributed by atoms with Gasteiger partial charge >= 0.3 is 24.3 Å². The van der Waals surface area contributed by atoms with E-state index in [4.69, 9.17) is 24.5 Å². The molecule has 1 amide bonds. The van der Waals surface area contributed by atoms with Crippen molar-refractivity contribution in [2.75, 3.05) is 58.3 Å². The number of hydrogen-bond acceptors (Lipinski definition) is 7. The highest BCUT2D eigenvalue weighted by Gasteiger charge is 2.42. The molecule has 1 atom stereocenters. The highest BCUT2D eigenvalue weighted by Crippen LogP contribution is 2.32. The largest absolute Gasteiger partial charge is 0.490 e. The molecule has 0 radical (unpaired) electrons. The molecule has 17 heteroatoms. The van der Waals surface area contributed by atoms with Gasteiger partial charge in [0, 0.05) is 19.3 Å². The van der Waals surface area contributed by atoms with E-state index in [9.17, 15) is 35.5 Å². The molecule has 0 bridgehead atoms. The van der Waals surface area contributed by atoms with E-state index in [0.29, 0.717) is 38.6 Å². The van der Waals surface area contributed by atoms with Gasteiger partial charge in [0.2, 0.25) is 5.91 Å². The van der Waals surface area contributed by atoms with E-state index in [1.54, 1.807) is 12.3 Å². The average molecular weight is 564 g/mol. The lowest BCUT2D eigenvalue weighted by Gasteiger charge is -2.48. The van der Waals surface area contributed by atoms with Crippen LogP contribution in [0.5, 0.6) is 0 Å². The molecule has 0 aliphatic carbocycles. The first-order valence-electron chi connectivity index (χ1n) is 10.9. The van der Waals surface area contributed by atoms with Crippen molar-refractivity contribution in [3.8, 4) is 0 Å². The smallest absolute Gasteiger partial charge is 0.475 e. The molecule has 3 heterocycles. The highest BCUT2D eigenvalue weighted by atomic mass is 19.4. The minimum absolute atomic E-state index is 0.115. The van der Waals surface area contributed by atoms with E-state index in [1.165, 1.54) is 6.07 Å². The second-order valence-electron chi connectivity index (χ2n) is 8.52. The maximum Gasteiger partial charge on any atom is 0.490 e. The van der Waals surface area contributed by atoms with Crippen molar-refractivity contribution in [1.82, 2.24) is 14.8 Å². The predicted molar refractivity (Wildman–Crippen MR) is 117 cm³/mol. The fourth-order valence-corrected chi connectivity index (χ4v) is 3.56. The molecule has 0 aromatic carbocycles. The molecule has 10 nitrogen and oxygen atoms in total. The van der Waals surface area contributed by atoms with Crippen LogP contribution in [0.3, 0.4) is 0 Å². The van der Waals surface area contributed by atoms with Gasteiger partial charge < -0.3 is 29.6 Å². The quantitative estimate of drug-likeness (QED) is 0.532. The number of alkyl halides is 6. The van der Waals surface area contributed by atoms with Crippen LogP contribution in [-0.4, -0.2) is 114 Å². The predicted octanol–water partition coefficient (Wildman–Crippen LogP) is 2.25. The summed E-state index contributed by atoms with van der Waals surface area (Å²) in [5.41, 5.74) is -0.428. The molecule has 1 aromatic heterocycles. The summed E-state index contributed by atoms with van der Waals surface area (Å²) in [6.45, 7) is 3.42. The molecule has 1 spiro atoms. The number of hydrogen-bond donors (Lipinski definition) is 2. The molecule has 2 aliphatic rings. The number of anilines is 1. The number of carboxylic acids is 2. The summed E-state index contributed by atoms with van der Waals surface area (Å²) in [4.78, 5) is 40.1. The molecule has 2 fully saturated rings. The third kappa shape index (κ3) is 10.6. The van der Waals surface area contributed by atoms with Crippen LogP contribution in [-0.2, 0) is 19.1 Å². The highest BCUT2D eigenvalue weighted by molar-refractivity contribution is 5.78. The van der Waals surface area contributed by atoms with Gasteiger partial charge in [0.25, 0.3) is 0 Å². The van der Waals surface area contributed by atoms with Gasteiger partial charge in [0.1, 0.15) is 5.60 Å². The van der Waals surface area contributed by atoms with Crippen LogP contribution in [0.2, 0.25) is 0 Å². The van der Waals surface area contributed by atoms with Gasteiger partial charge in [0.15, 0.2) is 11.6 Å². The van der Waals surface area contributed by atoms with Gasteiger partial charge in [-0.05, 0) is 39.1 Å². The Labute approximate surface area is 212 Å². The number of ether oxygens (including phenoxy) is 1. The Morgan fingerprint density at radius 2 is 1.61 bits per heavy atom. The molecule has 2 N–H and O–H groups in total. The van der Waals surface area contributed by atoms with Crippen LogP contribution < -0.4 is 4.90 Å². The number of halogens is 7. The molecule has 38 heavy (non-hydrogen) atoms. The number of rotatable bonds is 3. The molecule has 2 saturated heterocycles. The maximum atomic E-state index is 14.1. The fraction of sp³-hybridized carbons (Fsp3) is 0.619. The lowest BCUT2D eigenvalue weighted by Crippen LogP contribution is -2.61. The number of likely N-dealkylation sites (N-methyl/N-ethyl adjacent to an activating group) is 1. The summed E-state index contributed by atoms with van der Waals surface area (Å²) in [6, 6.07) is 3.02. The number of carbonyl (C=O) groups excluding carboxylic acids is 1. The number of carbonyl (C=O) groups is 3. The summed E-state index contributed by atoms with van der Waals surface area (Å²) in [7, 11) is 3.78. The zero-order valence-corrected chi connectivity index (χ0v) is 20.4. The molecular weight excluding hydrogens is 537 g/mol. The number of aromatic nitrogens is 1. The molecule has 216 valence electrons. The Bertz CT molecular complexity index is 933. The Hall–Kier alpha value is -3.21. The molecule has 1 unspecified atom stereocenters. The first kappa shape index (κ1) is 32.8. The molecular formula is C21H27F7N4O6. The summed E-state index contributed by atoms with van der Waals surface area (Å²) >= 11 is 0. The SMILES string of the molecule is CN(C)CC(=O)N1CCOC2(CCCN(c3ncccc3F)C2)C1.O=C(O)C(F)(F)F.O=C(O)C(F)(F)F. The molecule has 0 saturated carbocycles. The number of morpholine rings is 1. The first-order chi connectivity index (χ1) is 17.4. The third-order valence-electron chi connectivity index (χ3n) is 5.12. The van der Waals surface area contributed by atoms with Crippen molar-refractivity contribution >= 4 is 23.7 Å². The summed E-state index contributed by atoms with van der Waals surface area (Å²) in [5.74, 6) is -5.34. The first-order valence-corrected chi connectivity index (χ1v) is 10.9. The van der Waals surface area contributed by atoms with Gasteiger partial charge in [0.05, 0.1) is 26.2 Å². The molecule has 2 aliphatic heterocycles. The Balaban J connectivity index is 0.000000426. The van der Waals surface area contributed by atoms with Crippen LogP contribution >= 0.6 is 0 Å². The van der Waals surface area contributed by atoms with E-state index in [1.807, 2.05) is 28.8 Å². The van der Waals surface area contributed by atoms with Crippen molar-refractivity contribution in [1.29, 1.82) is 0 Å². The lowest BCUT2D eigenvalue weighted by molar-refractivity contribution is -0.193. The van der Waals surface area contributed by atoms with Gasteiger partial charge in [-0.3, -0.25) is 4.79 Å². The average Bonchev–Trinajstić information content (AvgIpc) is 2.78. The minimum atomic E-state index is -5.08. The normalized spacial score (nSPS) is 19.7. The number of amides is 1. The Morgan fingerprint density at radius 1 is 1.05 bits per heavy atom. The van der Waals surface area contributed by atoms with Crippen LogP contribution in [0.15, 0.2) is 18.3 Å². The van der Waals surface area contributed by atoms with Gasteiger partial charge in [-0.15, -0.1) is 0 Å². The Kier molecular flexibility index (Phi) is 11.7. The topological polar surface area (TPSA) is 124 Å². The minimum Gasteiger partial charge on any atom is -0.475 e. The second kappa shape index (κ2) is 13.5. The lowest BCUT2D eigenvalue weighted by atomic mass is 9.90. The Morgan fingerprint density at radius 3 is 2.08 bits per heavy atom. The second-order valence-corrected chi connectivity index (χ2v) is 8.52. The number of aliphatic carboxylic acids is 2. The zero-order valence-electron chi connectivity index (χ0n) is 20.4. The standard InChI is InChI=1S/C17H25FN4O2.2C2HF3O2/c1-20(2)11-15(23)21-9-10-24-17(12-21)6-4-8-22(13-17)16-14(18)5-3-7-19-16;2*3-2(4,5)1(6)7/h3,5,7H,4,6,8-13H2,1-2H3;2*(H,6,7). The van der Waals surface area contributed by atoms with Crippen molar-refractivity contribution in [3.63, 3.8) is 0 Å². The van der Waals surface area contributed by atoms with Crippen LogP contribution in [0.1, 0.15) is 12.8 Å². The summed E-state index contributed by atoms with van der Waals surface area (Å²) in [5, 5.41) is 14.2. The molecule has 3 rings (SSSR count). The van der Waals surface area contributed by atoms with E-state index in [-0.39, 0.29) is 11.7 Å². The van der Waals surface area contributed by atoms with Crippen molar-refractivity contribution in [2.45, 2.75) is 30.8 Å².